The molecule has 17 heavy (non-hydrogen) atoms. The summed E-state index contributed by atoms with van der Waals surface area (Å²) in [7, 11) is 0. The number of carbonyl (C=O) groups is 2. The largest absolute Gasteiger partial charge is 0.481 e. The lowest BCUT2D eigenvalue weighted by atomic mass is 10.1. The molecule has 7 heteroatoms. The summed E-state index contributed by atoms with van der Waals surface area (Å²) in [6, 6.07) is 0. The van der Waals surface area contributed by atoms with Crippen LogP contribution in [0, 0.1) is 12.8 Å². The molecule has 1 rings (SSSR count). The first kappa shape index (κ1) is 13.1. The minimum absolute atomic E-state index is 0.00654. The van der Waals surface area contributed by atoms with E-state index < -0.39 is 11.9 Å². The maximum Gasteiger partial charge on any atom is 0.303 e. The second kappa shape index (κ2) is 5.97. The van der Waals surface area contributed by atoms with Crippen LogP contribution < -0.4 is 5.32 Å². The Morgan fingerprint density at radius 3 is 2.76 bits per heavy atom. The smallest absolute Gasteiger partial charge is 0.303 e. The van der Waals surface area contributed by atoms with E-state index in [2.05, 4.69) is 20.0 Å². The van der Waals surface area contributed by atoms with Gasteiger partial charge in [0.2, 0.25) is 5.89 Å². The van der Waals surface area contributed by atoms with Crippen molar-refractivity contribution in [3.05, 3.63) is 11.7 Å². The summed E-state index contributed by atoms with van der Waals surface area (Å²) in [5, 5.41) is 14.6. The lowest BCUT2D eigenvalue weighted by molar-refractivity contribution is -0.137. The van der Waals surface area contributed by atoms with E-state index in [0.717, 1.165) is 0 Å². The molecule has 1 atom stereocenters. The Balaban J connectivity index is 2.30. The van der Waals surface area contributed by atoms with Gasteiger partial charge in [-0.2, -0.15) is 4.98 Å². The molecule has 94 valence electrons. The molecule has 0 saturated carbocycles. The molecule has 0 fully saturated rings. The summed E-state index contributed by atoms with van der Waals surface area (Å²) in [5.74, 6) is -0.842. The second-order valence-electron chi connectivity index (χ2n) is 3.88. The highest BCUT2D eigenvalue weighted by Crippen LogP contribution is 2.04. The molecule has 0 bridgehead atoms. The molecule has 1 amide bonds. The van der Waals surface area contributed by atoms with E-state index in [4.69, 9.17) is 5.11 Å². The molecule has 0 aliphatic heterocycles. The Morgan fingerprint density at radius 2 is 2.24 bits per heavy atom. The fraction of sp³-hybridized carbons (Fsp3) is 0.600. The lowest BCUT2D eigenvalue weighted by Gasteiger charge is -2.09. The Morgan fingerprint density at radius 1 is 1.53 bits per heavy atom. The molecule has 0 aliphatic rings. The van der Waals surface area contributed by atoms with Gasteiger partial charge < -0.3 is 14.9 Å². The third-order valence-electron chi connectivity index (χ3n) is 2.19. The predicted octanol–water partition coefficient (Wildman–Crippen LogP) is 0.609. The van der Waals surface area contributed by atoms with Crippen LogP contribution in [0.1, 0.15) is 36.3 Å². The number of hydrogen-bond acceptors (Lipinski definition) is 5. The molecular formula is C10H15N3O4. The average molecular weight is 241 g/mol. The van der Waals surface area contributed by atoms with E-state index in [1.807, 2.05) is 6.92 Å². The monoisotopic (exact) mass is 241 g/mol. The van der Waals surface area contributed by atoms with Crippen molar-refractivity contribution < 1.29 is 19.2 Å². The van der Waals surface area contributed by atoms with Gasteiger partial charge in [0.1, 0.15) is 0 Å². The van der Waals surface area contributed by atoms with Gasteiger partial charge in [-0.25, -0.2) is 0 Å². The molecule has 0 aliphatic carbocycles. The highest BCUT2D eigenvalue weighted by molar-refractivity contribution is 5.90. The number of carboxylic acids is 1. The first-order valence-corrected chi connectivity index (χ1v) is 5.29. The zero-order chi connectivity index (χ0) is 12.8. The van der Waals surface area contributed by atoms with E-state index in [-0.39, 0.29) is 18.2 Å². The van der Waals surface area contributed by atoms with Gasteiger partial charge in [-0.1, -0.05) is 12.1 Å². The zero-order valence-corrected chi connectivity index (χ0v) is 9.77. The Hall–Kier alpha value is -1.92. The van der Waals surface area contributed by atoms with Gasteiger partial charge in [0.25, 0.3) is 11.7 Å². The van der Waals surface area contributed by atoms with Gasteiger partial charge in [-0.05, 0) is 12.3 Å². The zero-order valence-electron chi connectivity index (χ0n) is 9.77. The molecule has 1 heterocycles. The molecule has 0 aromatic carbocycles. The molecule has 0 spiro atoms. The number of carboxylic acid groups (broad SMARTS) is 1. The number of rotatable bonds is 6. The van der Waals surface area contributed by atoms with Crippen LogP contribution in [-0.2, 0) is 4.79 Å². The van der Waals surface area contributed by atoms with Crippen LogP contribution in [0.4, 0.5) is 0 Å². The maximum absolute atomic E-state index is 11.5. The van der Waals surface area contributed by atoms with Crippen LogP contribution in [0.3, 0.4) is 0 Å². The Labute approximate surface area is 98.2 Å². The van der Waals surface area contributed by atoms with Crippen LogP contribution in [0.15, 0.2) is 4.52 Å². The van der Waals surface area contributed by atoms with Crippen LogP contribution in [0.25, 0.3) is 0 Å². The number of aromatic nitrogens is 2. The number of nitrogens with one attached hydrogen (secondary N) is 1. The van der Waals surface area contributed by atoms with Crippen LogP contribution in [0.2, 0.25) is 0 Å². The van der Waals surface area contributed by atoms with Gasteiger partial charge in [-0.15, -0.1) is 0 Å². The van der Waals surface area contributed by atoms with E-state index in [1.165, 1.54) is 0 Å². The number of aliphatic carboxylic acids is 1. The number of carbonyl (C=O) groups excluding carboxylic acids is 1. The standard InChI is InChI=1S/C10H15N3O4/c1-6(3-4-8(14)15)5-11-10(16)9-12-7(2)17-13-9/h6H,3-5H2,1-2H3,(H,11,16)(H,14,15). The quantitative estimate of drug-likeness (QED) is 0.755. The van der Waals surface area contributed by atoms with Crippen LogP contribution in [0.5, 0.6) is 0 Å². The summed E-state index contributed by atoms with van der Waals surface area (Å²) in [4.78, 5) is 25.6. The van der Waals surface area contributed by atoms with Crippen molar-refractivity contribution in [1.29, 1.82) is 0 Å². The summed E-state index contributed by atoms with van der Waals surface area (Å²) < 4.78 is 4.67. The normalized spacial score (nSPS) is 12.1. The van der Waals surface area contributed by atoms with E-state index in [9.17, 15) is 9.59 Å². The first-order chi connectivity index (χ1) is 7.99. The van der Waals surface area contributed by atoms with E-state index in [1.54, 1.807) is 6.92 Å². The third kappa shape index (κ3) is 4.62. The molecular weight excluding hydrogens is 226 g/mol. The molecule has 1 unspecified atom stereocenters. The van der Waals surface area contributed by atoms with Gasteiger partial charge >= 0.3 is 5.97 Å². The molecule has 2 N–H and O–H groups in total. The van der Waals surface area contributed by atoms with Crippen molar-refractivity contribution in [2.45, 2.75) is 26.7 Å². The molecule has 1 aromatic heterocycles. The maximum atomic E-state index is 11.5. The third-order valence-corrected chi connectivity index (χ3v) is 2.19. The van der Waals surface area contributed by atoms with Crippen molar-refractivity contribution in [3.63, 3.8) is 0 Å². The van der Waals surface area contributed by atoms with Crippen molar-refractivity contribution in [3.8, 4) is 0 Å². The number of nitrogens with zero attached hydrogens (tertiary/aromatic N) is 2. The van der Waals surface area contributed by atoms with Crippen molar-refractivity contribution in [2.24, 2.45) is 5.92 Å². The van der Waals surface area contributed by atoms with Gasteiger partial charge in [0, 0.05) is 19.9 Å². The SMILES string of the molecule is Cc1nc(C(=O)NCC(C)CCC(=O)O)no1. The minimum Gasteiger partial charge on any atom is -0.481 e. The molecule has 1 aromatic rings. The predicted molar refractivity (Wildman–Crippen MR) is 57.4 cm³/mol. The average Bonchev–Trinajstić information content (AvgIpc) is 2.70. The van der Waals surface area contributed by atoms with Crippen molar-refractivity contribution in [1.82, 2.24) is 15.5 Å². The van der Waals surface area contributed by atoms with Crippen LogP contribution in [-0.4, -0.2) is 33.7 Å². The molecule has 0 saturated heterocycles. The number of aryl methyl sites for hydroxylation is 1. The highest BCUT2D eigenvalue weighted by Gasteiger charge is 2.13. The summed E-state index contributed by atoms with van der Waals surface area (Å²) in [6.45, 7) is 3.85. The van der Waals surface area contributed by atoms with Gasteiger partial charge in [0.05, 0.1) is 0 Å². The number of amides is 1. The number of hydrogen-bond donors (Lipinski definition) is 2. The van der Waals surface area contributed by atoms with Gasteiger partial charge in [-0.3, -0.25) is 9.59 Å². The van der Waals surface area contributed by atoms with Crippen molar-refractivity contribution >= 4 is 11.9 Å². The van der Waals surface area contributed by atoms with Gasteiger partial charge in [0.15, 0.2) is 0 Å². The second-order valence-corrected chi connectivity index (χ2v) is 3.88. The topological polar surface area (TPSA) is 105 Å². The van der Waals surface area contributed by atoms with E-state index in [0.29, 0.717) is 18.9 Å². The molecule has 0 radical (unpaired) electrons. The summed E-state index contributed by atoms with van der Waals surface area (Å²) in [5.41, 5.74) is 0. The fourth-order valence-electron chi connectivity index (χ4n) is 1.21. The van der Waals surface area contributed by atoms with Crippen LogP contribution >= 0.6 is 0 Å². The molecule has 7 nitrogen and oxygen atoms in total. The minimum atomic E-state index is -0.836. The lowest BCUT2D eigenvalue weighted by Crippen LogP contribution is -2.29. The Bertz CT molecular complexity index is 402. The van der Waals surface area contributed by atoms with E-state index >= 15 is 0 Å². The fourth-order valence-corrected chi connectivity index (χ4v) is 1.21. The highest BCUT2D eigenvalue weighted by atomic mass is 16.5. The first-order valence-electron chi connectivity index (χ1n) is 5.29. The van der Waals surface area contributed by atoms with Crippen molar-refractivity contribution in [2.75, 3.05) is 6.54 Å². The summed E-state index contributed by atoms with van der Waals surface area (Å²) in [6.07, 6.45) is 0.610. The summed E-state index contributed by atoms with van der Waals surface area (Å²) >= 11 is 0. The Kier molecular flexibility index (Phi) is 4.62.